The van der Waals surface area contributed by atoms with E-state index in [9.17, 15) is 38.4 Å². The van der Waals surface area contributed by atoms with Crippen LogP contribution < -0.4 is 37.2 Å². The van der Waals surface area contributed by atoms with Crippen LogP contribution in [0.2, 0.25) is 0 Å². The van der Waals surface area contributed by atoms with Gasteiger partial charge in [-0.05, 0) is 36.2 Å². The Bertz CT molecular complexity index is 1830. The summed E-state index contributed by atoms with van der Waals surface area (Å²) in [5, 5.41) is 19.3. The lowest BCUT2D eigenvalue weighted by molar-refractivity contribution is -0.141. The van der Waals surface area contributed by atoms with Gasteiger partial charge in [0.15, 0.2) is 0 Å². The van der Waals surface area contributed by atoms with Gasteiger partial charge in [-0.1, -0.05) is 83.7 Å². The van der Waals surface area contributed by atoms with Crippen LogP contribution >= 0.6 is 0 Å². The van der Waals surface area contributed by atoms with Crippen molar-refractivity contribution in [3.05, 3.63) is 60.2 Å². The van der Waals surface area contributed by atoms with Crippen molar-refractivity contribution in [1.82, 2.24) is 52.1 Å². The Balaban J connectivity index is 1.38. The van der Waals surface area contributed by atoms with Gasteiger partial charge in [0.1, 0.15) is 23.8 Å². The molecule has 1 aromatic heterocycles. The summed E-state index contributed by atoms with van der Waals surface area (Å²) < 4.78 is 0. The lowest BCUT2D eigenvalue weighted by Crippen LogP contribution is -2.61. The summed E-state index contributed by atoms with van der Waals surface area (Å²) in [5.41, 5.74) is -0.188. The van der Waals surface area contributed by atoms with Crippen LogP contribution in [0.4, 0.5) is 0 Å². The molecule has 60 heavy (non-hydrogen) atoms. The van der Waals surface area contributed by atoms with Crippen molar-refractivity contribution in [2.75, 3.05) is 33.7 Å². The SMILES string of the molecule is CCC[C@H](NC(=O)[C@@H]1CNC[C@@H]1NC(=O)C(NC(=O)[C@@H](NC(=O)c1cnccn1)C1CCCCC1)C(C)(C)C)C(=O)C(=O)NCC(=O)N[C@H](C(=O)N(C)C)c1ccccc1. The Morgan fingerprint density at radius 2 is 1.57 bits per heavy atom. The van der Waals surface area contributed by atoms with Crippen LogP contribution in [0, 0.1) is 17.3 Å². The predicted molar refractivity (Wildman–Crippen MR) is 220 cm³/mol. The Morgan fingerprint density at radius 1 is 0.867 bits per heavy atom. The number of rotatable bonds is 18. The van der Waals surface area contributed by atoms with E-state index in [-0.39, 0.29) is 37.0 Å². The van der Waals surface area contributed by atoms with Gasteiger partial charge in [0.25, 0.3) is 11.8 Å². The normalized spacial score (nSPS) is 18.7. The van der Waals surface area contributed by atoms with E-state index in [2.05, 4.69) is 47.2 Å². The molecule has 0 spiro atoms. The molecule has 4 rings (SSSR count). The Labute approximate surface area is 350 Å². The van der Waals surface area contributed by atoms with Gasteiger partial charge in [-0.2, -0.15) is 0 Å². The van der Waals surface area contributed by atoms with Crippen molar-refractivity contribution in [1.29, 1.82) is 0 Å². The summed E-state index contributed by atoms with van der Waals surface area (Å²) in [6, 6.07) is 3.63. The van der Waals surface area contributed by atoms with Crippen LogP contribution in [-0.4, -0.2) is 120 Å². The Morgan fingerprint density at radius 3 is 2.18 bits per heavy atom. The first-order chi connectivity index (χ1) is 28.5. The monoisotopic (exact) mass is 832 g/mol. The maximum atomic E-state index is 14.0. The first-order valence-electron chi connectivity index (χ1n) is 20.6. The van der Waals surface area contributed by atoms with Crippen LogP contribution in [0.15, 0.2) is 48.9 Å². The highest BCUT2D eigenvalue weighted by molar-refractivity contribution is 6.38. The van der Waals surface area contributed by atoms with Gasteiger partial charge in [-0.25, -0.2) is 4.98 Å². The van der Waals surface area contributed by atoms with Gasteiger partial charge < -0.3 is 42.1 Å². The molecule has 0 bridgehead atoms. The van der Waals surface area contributed by atoms with Gasteiger partial charge in [0.2, 0.25) is 35.3 Å². The fourth-order valence-corrected chi connectivity index (χ4v) is 7.42. The van der Waals surface area contributed by atoms with Crippen molar-refractivity contribution in [2.45, 2.75) is 103 Å². The number of aromatic nitrogens is 2. The topological polar surface area (TPSA) is 250 Å². The minimum Gasteiger partial charge on any atom is -0.349 e. The molecule has 1 saturated heterocycles. The number of hydrogen-bond acceptors (Lipinski definition) is 11. The molecule has 1 aliphatic heterocycles. The quantitative estimate of drug-likeness (QED) is 0.101. The number of nitrogens with one attached hydrogen (secondary N) is 7. The third-order valence-corrected chi connectivity index (χ3v) is 10.7. The summed E-state index contributed by atoms with van der Waals surface area (Å²) in [6.07, 6.45) is 8.99. The van der Waals surface area contributed by atoms with Crippen LogP contribution in [0.3, 0.4) is 0 Å². The molecule has 18 heteroatoms. The molecule has 2 aromatic rings. The molecule has 2 aliphatic rings. The van der Waals surface area contributed by atoms with Gasteiger partial charge in [-0.15, -0.1) is 0 Å². The van der Waals surface area contributed by atoms with E-state index in [4.69, 9.17) is 0 Å². The van der Waals surface area contributed by atoms with Gasteiger partial charge in [0.05, 0.1) is 30.7 Å². The molecule has 2 heterocycles. The van der Waals surface area contributed by atoms with Crippen LogP contribution in [-0.2, 0) is 33.6 Å². The summed E-state index contributed by atoms with van der Waals surface area (Å²) in [6.45, 7) is 6.95. The number of Topliss-reactive ketones (excluding diaryl/α,β-unsaturated/α-hetero) is 1. The highest BCUT2D eigenvalue weighted by atomic mass is 16.2. The second kappa shape index (κ2) is 22.0. The largest absolute Gasteiger partial charge is 0.349 e. The average molecular weight is 833 g/mol. The maximum absolute atomic E-state index is 14.0. The molecule has 326 valence electrons. The summed E-state index contributed by atoms with van der Waals surface area (Å²) >= 11 is 0. The number of ketones is 1. The van der Waals surface area contributed by atoms with E-state index in [0.29, 0.717) is 12.0 Å². The summed E-state index contributed by atoms with van der Waals surface area (Å²) in [4.78, 5) is 116. The maximum Gasteiger partial charge on any atom is 0.290 e. The first-order valence-corrected chi connectivity index (χ1v) is 20.6. The number of carbonyl (C=O) groups excluding carboxylic acids is 8. The number of hydrogen-bond donors (Lipinski definition) is 7. The van der Waals surface area contributed by atoms with Crippen molar-refractivity contribution >= 4 is 47.1 Å². The van der Waals surface area contributed by atoms with Gasteiger partial charge >= 0.3 is 0 Å². The molecule has 0 radical (unpaired) electrons. The van der Waals surface area contributed by atoms with E-state index < -0.39 is 89.3 Å². The van der Waals surface area contributed by atoms with Gasteiger partial charge in [-0.3, -0.25) is 43.3 Å². The minimum atomic E-state index is -1.22. The smallest absolute Gasteiger partial charge is 0.290 e. The molecule has 2 fully saturated rings. The van der Waals surface area contributed by atoms with Crippen molar-refractivity contribution < 1.29 is 38.4 Å². The highest BCUT2D eigenvalue weighted by Crippen LogP contribution is 2.28. The molecule has 7 amide bonds. The summed E-state index contributed by atoms with van der Waals surface area (Å²) in [7, 11) is 3.10. The number of benzene rings is 1. The van der Waals surface area contributed by atoms with Crippen LogP contribution in [0.1, 0.15) is 94.7 Å². The fourth-order valence-electron chi connectivity index (χ4n) is 7.42. The second-order valence-corrected chi connectivity index (χ2v) is 16.7. The molecular formula is C42H60N10O8. The Kier molecular flexibility index (Phi) is 17.2. The van der Waals surface area contributed by atoms with Crippen LogP contribution in [0.25, 0.3) is 0 Å². The zero-order valence-electron chi connectivity index (χ0n) is 35.3. The lowest BCUT2D eigenvalue weighted by atomic mass is 9.82. The third-order valence-electron chi connectivity index (χ3n) is 10.7. The zero-order chi connectivity index (χ0) is 44.0. The first kappa shape index (κ1) is 46.9. The number of nitrogens with zero attached hydrogens (tertiary/aromatic N) is 3. The number of likely N-dealkylation sites (N-methyl/N-ethyl adjacent to an activating group) is 1. The molecular weight excluding hydrogens is 773 g/mol. The molecule has 1 aromatic carbocycles. The molecule has 7 N–H and O–H groups in total. The van der Waals surface area contributed by atoms with Crippen molar-refractivity contribution in [3.63, 3.8) is 0 Å². The number of amides is 7. The van der Waals surface area contributed by atoms with E-state index >= 15 is 0 Å². The highest BCUT2D eigenvalue weighted by Gasteiger charge is 2.42. The predicted octanol–water partition coefficient (Wildman–Crippen LogP) is 0.306. The summed E-state index contributed by atoms with van der Waals surface area (Å²) in [5.74, 6) is -6.29. The second-order valence-electron chi connectivity index (χ2n) is 16.7. The van der Waals surface area contributed by atoms with Gasteiger partial charge in [0, 0.05) is 39.6 Å². The molecule has 18 nitrogen and oxygen atoms in total. The third kappa shape index (κ3) is 13.1. The molecule has 6 atom stereocenters. The lowest BCUT2D eigenvalue weighted by Gasteiger charge is -2.35. The standard InChI is InChI=1S/C42H60N10O8/c1-7-14-28(34(54)39(58)46-24-31(53)49-33(41(60)52(5)6)26-17-12-9-13-18-26)47-36(55)27-21-44-22-29(27)48-40(59)35(42(2,3)4)51-38(57)32(25-15-10-8-11-16-25)50-37(56)30-23-43-19-20-45-30/h9,12-13,17-20,23,25,27-29,32-33,35,44H,7-8,10-11,14-16,21-22,24H2,1-6H3,(H,46,58)(H,47,55)(H,48,59)(H,49,53)(H,50,56)(H,51,57)/t27-,28+,29+,32+,33+,35?/m1/s1. The average Bonchev–Trinajstić information content (AvgIpc) is 3.70. The van der Waals surface area contributed by atoms with E-state index in [1.807, 2.05) is 0 Å². The Hall–Kier alpha value is -5.78. The van der Waals surface area contributed by atoms with Crippen molar-refractivity contribution in [3.8, 4) is 0 Å². The molecule has 1 unspecified atom stereocenters. The molecule has 1 saturated carbocycles. The zero-order valence-corrected chi connectivity index (χ0v) is 35.3. The molecule has 1 aliphatic carbocycles. The van der Waals surface area contributed by atoms with E-state index in [1.54, 1.807) is 72.1 Å². The fraction of sp³-hybridized carbons (Fsp3) is 0.571. The van der Waals surface area contributed by atoms with Crippen molar-refractivity contribution in [2.24, 2.45) is 17.3 Å². The number of carbonyl (C=O) groups is 8. The van der Waals surface area contributed by atoms with E-state index in [1.165, 1.54) is 23.5 Å². The minimum absolute atomic E-state index is 0.0623. The van der Waals surface area contributed by atoms with E-state index in [0.717, 1.165) is 32.1 Å². The van der Waals surface area contributed by atoms with Crippen LogP contribution in [0.5, 0.6) is 0 Å².